The number of aryl methyl sites for hydroxylation is 1. The van der Waals surface area contributed by atoms with Crippen molar-refractivity contribution in [2.24, 2.45) is 0 Å². The molecule has 2 heterocycles. The number of aromatic nitrogens is 1. The van der Waals surface area contributed by atoms with Crippen LogP contribution in [0.1, 0.15) is 11.3 Å². The number of benzene rings is 1. The highest BCUT2D eigenvalue weighted by Gasteiger charge is 2.18. The monoisotopic (exact) mass is 230 g/mol. The van der Waals surface area contributed by atoms with E-state index in [1.807, 2.05) is 30.5 Å². The molecule has 1 N–H and O–H groups in total. The first-order valence-corrected chi connectivity index (χ1v) is 5.95. The second kappa shape index (κ2) is 3.42. The third-order valence-electron chi connectivity index (χ3n) is 2.60. The molecule has 2 aromatic rings. The standard InChI is InChI=1S/C12H10N2OS/c1-7-6-16-12(13-7)9-3-2-8-5-11(15)14-10(8)4-9/h2-4,6H,5H2,1H3,(H,14,15). The molecule has 1 aliphatic heterocycles. The highest BCUT2D eigenvalue weighted by Crippen LogP contribution is 2.30. The summed E-state index contributed by atoms with van der Waals surface area (Å²) >= 11 is 1.63. The molecule has 0 saturated carbocycles. The van der Waals surface area contributed by atoms with Gasteiger partial charge >= 0.3 is 0 Å². The lowest BCUT2D eigenvalue weighted by Gasteiger charge is -2.01. The van der Waals surface area contributed by atoms with Gasteiger partial charge in [0.05, 0.1) is 6.42 Å². The minimum Gasteiger partial charge on any atom is -0.326 e. The Balaban J connectivity index is 2.05. The number of thiazole rings is 1. The highest BCUT2D eigenvalue weighted by atomic mass is 32.1. The van der Waals surface area contributed by atoms with E-state index in [1.165, 1.54) is 0 Å². The quantitative estimate of drug-likeness (QED) is 0.818. The predicted octanol–water partition coefficient (Wildman–Crippen LogP) is 2.61. The van der Waals surface area contributed by atoms with Crippen LogP contribution in [0.15, 0.2) is 23.6 Å². The van der Waals surface area contributed by atoms with E-state index in [9.17, 15) is 4.79 Å². The van der Waals surface area contributed by atoms with Crippen molar-refractivity contribution in [3.05, 3.63) is 34.8 Å². The molecule has 0 atom stereocenters. The lowest BCUT2D eigenvalue weighted by Crippen LogP contribution is -2.03. The summed E-state index contributed by atoms with van der Waals surface area (Å²) in [7, 11) is 0. The van der Waals surface area contributed by atoms with Gasteiger partial charge in [-0.1, -0.05) is 12.1 Å². The number of nitrogens with zero attached hydrogens (tertiary/aromatic N) is 1. The molecule has 0 bridgehead atoms. The molecule has 1 amide bonds. The van der Waals surface area contributed by atoms with Crippen molar-refractivity contribution in [3.63, 3.8) is 0 Å². The van der Waals surface area contributed by atoms with Crippen LogP contribution in [0.25, 0.3) is 10.6 Å². The van der Waals surface area contributed by atoms with Gasteiger partial charge in [0.15, 0.2) is 0 Å². The van der Waals surface area contributed by atoms with Gasteiger partial charge in [0.2, 0.25) is 5.91 Å². The van der Waals surface area contributed by atoms with Crippen LogP contribution < -0.4 is 5.32 Å². The number of amides is 1. The zero-order valence-electron chi connectivity index (χ0n) is 8.78. The van der Waals surface area contributed by atoms with E-state index in [0.717, 1.165) is 27.5 Å². The van der Waals surface area contributed by atoms with E-state index >= 15 is 0 Å². The minimum atomic E-state index is 0.0717. The van der Waals surface area contributed by atoms with Crippen molar-refractivity contribution < 1.29 is 4.79 Å². The average molecular weight is 230 g/mol. The van der Waals surface area contributed by atoms with Crippen LogP contribution in [0.5, 0.6) is 0 Å². The van der Waals surface area contributed by atoms with E-state index in [-0.39, 0.29) is 5.91 Å². The average Bonchev–Trinajstić information content (AvgIpc) is 2.81. The molecule has 0 radical (unpaired) electrons. The van der Waals surface area contributed by atoms with Gasteiger partial charge < -0.3 is 5.32 Å². The first-order valence-electron chi connectivity index (χ1n) is 5.07. The number of hydrogen-bond acceptors (Lipinski definition) is 3. The maximum absolute atomic E-state index is 11.2. The Bertz CT molecular complexity index is 574. The van der Waals surface area contributed by atoms with Crippen LogP contribution in [0.2, 0.25) is 0 Å². The Hall–Kier alpha value is -1.68. The Morgan fingerprint density at radius 3 is 3.06 bits per heavy atom. The van der Waals surface area contributed by atoms with Crippen molar-refractivity contribution in [2.45, 2.75) is 13.3 Å². The Morgan fingerprint density at radius 1 is 1.44 bits per heavy atom. The van der Waals surface area contributed by atoms with Gasteiger partial charge in [0.25, 0.3) is 0 Å². The fourth-order valence-electron chi connectivity index (χ4n) is 1.83. The molecule has 80 valence electrons. The zero-order valence-corrected chi connectivity index (χ0v) is 9.60. The second-order valence-corrected chi connectivity index (χ2v) is 4.75. The summed E-state index contributed by atoms with van der Waals surface area (Å²) in [6, 6.07) is 6.02. The van der Waals surface area contributed by atoms with E-state index in [2.05, 4.69) is 10.3 Å². The lowest BCUT2D eigenvalue weighted by atomic mass is 10.1. The summed E-state index contributed by atoms with van der Waals surface area (Å²) in [4.78, 5) is 15.7. The molecule has 0 aliphatic carbocycles. The van der Waals surface area contributed by atoms with Crippen molar-refractivity contribution in [3.8, 4) is 10.6 Å². The Morgan fingerprint density at radius 2 is 2.31 bits per heavy atom. The molecule has 3 nitrogen and oxygen atoms in total. The van der Waals surface area contributed by atoms with Crippen LogP contribution in [-0.4, -0.2) is 10.9 Å². The smallest absolute Gasteiger partial charge is 0.228 e. The number of carbonyl (C=O) groups excluding carboxylic acids is 1. The van der Waals surface area contributed by atoms with Crippen molar-refractivity contribution in [2.75, 3.05) is 5.32 Å². The van der Waals surface area contributed by atoms with E-state index in [0.29, 0.717) is 6.42 Å². The molecule has 16 heavy (non-hydrogen) atoms. The number of fused-ring (bicyclic) bond motifs is 1. The predicted molar refractivity (Wildman–Crippen MR) is 64.6 cm³/mol. The Kier molecular flexibility index (Phi) is 2.04. The number of nitrogens with one attached hydrogen (secondary N) is 1. The topological polar surface area (TPSA) is 42.0 Å². The molecule has 4 heteroatoms. The fraction of sp³-hybridized carbons (Fsp3) is 0.167. The van der Waals surface area contributed by atoms with Crippen LogP contribution >= 0.6 is 11.3 Å². The first kappa shape index (κ1) is 9.54. The van der Waals surface area contributed by atoms with Crippen LogP contribution in [0, 0.1) is 6.92 Å². The largest absolute Gasteiger partial charge is 0.326 e. The SMILES string of the molecule is Cc1csc(-c2ccc3c(c2)NC(=O)C3)n1. The summed E-state index contributed by atoms with van der Waals surface area (Å²) in [5, 5.41) is 5.88. The second-order valence-electron chi connectivity index (χ2n) is 3.89. The number of rotatable bonds is 1. The fourth-order valence-corrected chi connectivity index (χ4v) is 2.63. The number of anilines is 1. The molecule has 0 spiro atoms. The summed E-state index contributed by atoms with van der Waals surface area (Å²) < 4.78 is 0. The molecule has 3 rings (SSSR count). The van der Waals surface area contributed by atoms with Gasteiger partial charge in [-0.15, -0.1) is 11.3 Å². The van der Waals surface area contributed by atoms with Crippen LogP contribution in [0.4, 0.5) is 5.69 Å². The van der Waals surface area contributed by atoms with E-state index < -0.39 is 0 Å². The molecular weight excluding hydrogens is 220 g/mol. The third-order valence-corrected chi connectivity index (χ3v) is 3.61. The normalized spacial score (nSPS) is 13.7. The van der Waals surface area contributed by atoms with Crippen molar-refractivity contribution in [1.82, 2.24) is 4.98 Å². The minimum absolute atomic E-state index is 0.0717. The van der Waals surface area contributed by atoms with Crippen molar-refractivity contribution >= 4 is 22.9 Å². The van der Waals surface area contributed by atoms with Gasteiger partial charge in [0, 0.05) is 22.3 Å². The summed E-state index contributed by atoms with van der Waals surface area (Å²) in [5.74, 6) is 0.0717. The molecule has 1 aliphatic rings. The lowest BCUT2D eigenvalue weighted by molar-refractivity contribution is -0.115. The molecular formula is C12H10N2OS. The molecule has 1 aromatic carbocycles. The van der Waals surface area contributed by atoms with Crippen LogP contribution in [0.3, 0.4) is 0 Å². The number of hydrogen-bond donors (Lipinski definition) is 1. The maximum Gasteiger partial charge on any atom is 0.228 e. The van der Waals surface area contributed by atoms with Gasteiger partial charge in [-0.3, -0.25) is 4.79 Å². The molecule has 0 unspecified atom stereocenters. The first-order chi connectivity index (χ1) is 7.72. The van der Waals surface area contributed by atoms with Gasteiger partial charge in [-0.05, 0) is 18.6 Å². The summed E-state index contributed by atoms with van der Waals surface area (Å²) in [6.07, 6.45) is 0.493. The molecule has 1 aromatic heterocycles. The van der Waals surface area contributed by atoms with Crippen LogP contribution in [-0.2, 0) is 11.2 Å². The zero-order chi connectivity index (χ0) is 11.1. The number of carbonyl (C=O) groups is 1. The summed E-state index contributed by atoms with van der Waals surface area (Å²) in [6.45, 7) is 1.98. The molecule has 0 fully saturated rings. The van der Waals surface area contributed by atoms with Gasteiger partial charge in [-0.25, -0.2) is 4.98 Å². The van der Waals surface area contributed by atoms with E-state index in [4.69, 9.17) is 0 Å². The van der Waals surface area contributed by atoms with Gasteiger partial charge in [0.1, 0.15) is 5.01 Å². The third kappa shape index (κ3) is 1.51. The maximum atomic E-state index is 11.2. The highest BCUT2D eigenvalue weighted by molar-refractivity contribution is 7.13. The van der Waals surface area contributed by atoms with E-state index in [1.54, 1.807) is 11.3 Å². The summed E-state index contributed by atoms with van der Waals surface area (Å²) in [5.41, 5.74) is 4.10. The van der Waals surface area contributed by atoms with Gasteiger partial charge in [-0.2, -0.15) is 0 Å². The molecule has 0 saturated heterocycles. The van der Waals surface area contributed by atoms with Crippen molar-refractivity contribution in [1.29, 1.82) is 0 Å². The Labute approximate surface area is 97.1 Å².